The van der Waals surface area contributed by atoms with Gasteiger partial charge in [0.15, 0.2) is 9.59 Å². The Labute approximate surface area is 130 Å². The fraction of sp³-hybridized carbons (Fsp3) is 0.143. The Hall–Kier alpha value is -1.83. The van der Waals surface area contributed by atoms with E-state index in [1.165, 1.54) is 0 Å². The molecular weight excluding hydrogens is 367 g/mol. The minimum absolute atomic E-state index is 0.673. The number of nitrogens with one attached hydrogen (secondary N) is 1. The highest BCUT2D eigenvalue weighted by Gasteiger charge is 2.04. The van der Waals surface area contributed by atoms with Gasteiger partial charge in [-0.15, -0.1) is 10.2 Å². The Bertz CT molecular complexity index is 702. The number of hydrogen-bond acceptors (Lipinski definition) is 4. The minimum atomic E-state index is 0.673. The average Bonchev–Trinajstić information content (AvgIpc) is 3.06. The molecule has 0 atom stereocenters. The molecule has 0 aliphatic rings. The van der Waals surface area contributed by atoms with Crippen LogP contribution in [0.25, 0.3) is 11.4 Å². The molecule has 102 valence electrons. The Morgan fingerprint density at radius 3 is 2.60 bits per heavy atom. The summed E-state index contributed by atoms with van der Waals surface area (Å²) < 4.78 is 8.30. The van der Waals surface area contributed by atoms with Gasteiger partial charge >= 0.3 is 0 Å². The molecule has 2 aromatic heterocycles. The van der Waals surface area contributed by atoms with Gasteiger partial charge in [0.05, 0.1) is 6.54 Å². The van der Waals surface area contributed by atoms with Gasteiger partial charge in [-0.1, -0.05) is 0 Å². The lowest BCUT2D eigenvalue weighted by Crippen LogP contribution is -1.98. The van der Waals surface area contributed by atoms with Gasteiger partial charge in [0, 0.05) is 18.3 Å². The van der Waals surface area contributed by atoms with Crippen molar-refractivity contribution in [2.24, 2.45) is 7.05 Å². The van der Waals surface area contributed by atoms with Gasteiger partial charge in [-0.2, -0.15) is 0 Å². The molecule has 3 rings (SSSR count). The molecule has 0 saturated carbocycles. The van der Waals surface area contributed by atoms with Gasteiger partial charge in [0.1, 0.15) is 12.1 Å². The predicted octanol–water partition coefficient (Wildman–Crippen LogP) is 3.29. The number of hydrogen-bond donors (Lipinski definition) is 1. The lowest BCUT2D eigenvalue weighted by Gasteiger charge is -2.06. The summed E-state index contributed by atoms with van der Waals surface area (Å²) in [6.45, 7) is 0.673. The molecule has 0 unspecified atom stereocenters. The molecule has 0 radical (unpaired) electrons. The zero-order chi connectivity index (χ0) is 13.9. The van der Waals surface area contributed by atoms with Crippen LogP contribution in [0.15, 0.2) is 47.1 Å². The summed E-state index contributed by atoms with van der Waals surface area (Å²) in [5.74, 6) is 1.78. The maximum Gasteiger partial charge on any atom is 0.164 e. The molecule has 0 fully saturated rings. The molecule has 1 N–H and O–H groups in total. The smallest absolute Gasteiger partial charge is 0.164 e. The number of benzene rings is 1. The molecule has 2 heterocycles. The summed E-state index contributed by atoms with van der Waals surface area (Å²) >= 11 is 2.16. The Morgan fingerprint density at radius 2 is 2.00 bits per heavy atom. The standard InChI is InChI=1S/C14H13IN4O/c1-19-9-17-18-14(19)10-2-4-11(5-3-10)16-8-12-6-7-13(15)20-12/h2-7,9,16H,8H2,1H3. The van der Waals surface area contributed by atoms with E-state index in [-0.39, 0.29) is 0 Å². The van der Waals surface area contributed by atoms with Crippen LogP contribution in [0.2, 0.25) is 0 Å². The molecule has 5 nitrogen and oxygen atoms in total. The lowest BCUT2D eigenvalue weighted by atomic mass is 10.2. The molecule has 20 heavy (non-hydrogen) atoms. The molecule has 0 amide bonds. The number of furan rings is 1. The number of anilines is 1. The summed E-state index contributed by atoms with van der Waals surface area (Å²) in [7, 11) is 1.93. The van der Waals surface area contributed by atoms with Crippen LogP contribution in [0.5, 0.6) is 0 Å². The maximum absolute atomic E-state index is 5.51. The highest BCUT2D eigenvalue weighted by molar-refractivity contribution is 14.1. The van der Waals surface area contributed by atoms with Crippen molar-refractivity contribution in [3.63, 3.8) is 0 Å². The van der Waals surface area contributed by atoms with E-state index in [1.54, 1.807) is 6.33 Å². The van der Waals surface area contributed by atoms with Crippen molar-refractivity contribution in [2.75, 3.05) is 5.32 Å². The average molecular weight is 380 g/mol. The summed E-state index contributed by atoms with van der Waals surface area (Å²) in [4.78, 5) is 0. The highest BCUT2D eigenvalue weighted by atomic mass is 127. The molecular formula is C14H13IN4O. The van der Waals surface area contributed by atoms with Crippen LogP contribution in [-0.4, -0.2) is 14.8 Å². The third-order valence-corrected chi connectivity index (χ3v) is 3.53. The summed E-state index contributed by atoms with van der Waals surface area (Å²) in [5.41, 5.74) is 2.09. The zero-order valence-electron chi connectivity index (χ0n) is 10.9. The topological polar surface area (TPSA) is 55.9 Å². The van der Waals surface area contributed by atoms with E-state index in [1.807, 2.05) is 48.0 Å². The van der Waals surface area contributed by atoms with Crippen molar-refractivity contribution in [1.29, 1.82) is 0 Å². The molecule has 1 aromatic carbocycles. The van der Waals surface area contributed by atoms with Gasteiger partial charge in [0.25, 0.3) is 0 Å². The first-order valence-electron chi connectivity index (χ1n) is 6.15. The Morgan fingerprint density at radius 1 is 1.20 bits per heavy atom. The second-order valence-corrected chi connectivity index (χ2v) is 5.47. The molecule has 0 bridgehead atoms. The van der Waals surface area contributed by atoms with Crippen LogP contribution < -0.4 is 5.32 Å². The lowest BCUT2D eigenvalue weighted by molar-refractivity contribution is 0.493. The first-order valence-corrected chi connectivity index (χ1v) is 7.23. The van der Waals surface area contributed by atoms with Crippen molar-refractivity contribution in [3.05, 3.63) is 52.3 Å². The van der Waals surface area contributed by atoms with Crippen molar-refractivity contribution < 1.29 is 4.42 Å². The van der Waals surface area contributed by atoms with Crippen molar-refractivity contribution in [3.8, 4) is 11.4 Å². The summed E-state index contributed by atoms with van der Waals surface area (Å²) in [5, 5.41) is 11.3. The van der Waals surface area contributed by atoms with Crippen LogP contribution >= 0.6 is 22.6 Å². The number of nitrogens with zero attached hydrogens (tertiary/aromatic N) is 3. The van der Waals surface area contributed by atoms with Crippen LogP contribution in [0.1, 0.15) is 5.76 Å². The van der Waals surface area contributed by atoms with Crippen molar-refractivity contribution >= 4 is 28.3 Å². The number of rotatable bonds is 4. The Kier molecular flexibility index (Phi) is 3.72. The van der Waals surface area contributed by atoms with Gasteiger partial charge in [-0.25, -0.2) is 0 Å². The van der Waals surface area contributed by atoms with Gasteiger partial charge < -0.3 is 14.3 Å². The van der Waals surface area contributed by atoms with Crippen molar-refractivity contribution in [1.82, 2.24) is 14.8 Å². The summed E-state index contributed by atoms with van der Waals surface area (Å²) in [6, 6.07) is 12.0. The van der Waals surface area contributed by atoms with Crippen LogP contribution in [0, 0.1) is 3.77 Å². The van der Waals surface area contributed by atoms with Gasteiger partial charge in [-0.3, -0.25) is 0 Å². The van der Waals surface area contributed by atoms with Crippen LogP contribution in [0.3, 0.4) is 0 Å². The first-order chi connectivity index (χ1) is 9.72. The first kappa shape index (κ1) is 13.2. The van der Waals surface area contributed by atoms with E-state index in [2.05, 4.69) is 38.1 Å². The largest absolute Gasteiger partial charge is 0.454 e. The van der Waals surface area contributed by atoms with Crippen LogP contribution in [-0.2, 0) is 13.6 Å². The maximum atomic E-state index is 5.51. The Balaban J connectivity index is 1.69. The number of aromatic nitrogens is 3. The normalized spacial score (nSPS) is 10.7. The molecule has 0 spiro atoms. The molecule has 0 aliphatic carbocycles. The summed E-state index contributed by atoms with van der Waals surface area (Å²) in [6.07, 6.45) is 1.69. The molecule has 3 aromatic rings. The SMILES string of the molecule is Cn1cnnc1-c1ccc(NCc2ccc(I)o2)cc1. The van der Waals surface area contributed by atoms with Gasteiger partial charge in [-0.05, 0) is 59.0 Å². The van der Waals surface area contributed by atoms with Crippen LogP contribution in [0.4, 0.5) is 5.69 Å². The fourth-order valence-electron chi connectivity index (χ4n) is 1.92. The predicted molar refractivity (Wildman–Crippen MR) is 85.2 cm³/mol. The van der Waals surface area contributed by atoms with Gasteiger partial charge in [0.2, 0.25) is 0 Å². The van der Waals surface area contributed by atoms with E-state index < -0.39 is 0 Å². The van der Waals surface area contributed by atoms with E-state index in [0.717, 1.165) is 26.6 Å². The fourth-order valence-corrected chi connectivity index (χ4v) is 2.38. The highest BCUT2D eigenvalue weighted by Crippen LogP contribution is 2.19. The van der Waals surface area contributed by atoms with Crippen molar-refractivity contribution in [2.45, 2.75) is 6.54 Å². The van der Waals surface area contributed by atoms with E-state index in [9.17, 15) is 0 Å². The molecule has 0 aliphatic heterocycles. The third kappa shape index (κ3) is 2.84. The number of halogens is 1. The number of aryl methyl sites for hydroxylation is 1. The quantitative estimate of drug-likeness (QED) is 0.706. The zero-order valence-corrected chi connectivity index (χ0v) is 13.0. The monoisotopic (exact) mass is 380 g/mol. The third-order valence-electron chi connectivity index (χ3n) is 2.95. The molecule has 6 heteroatoms. The second-order valence-electron chi connectivity index (χ2n) is 4.40. The molecule has 0 saturated heterocycles. The van der Waals surface area contributed by atoms with E-state index in [4.69, 9.17) is 4.42 Å². The minimum Gasteiger partial charge on any atom is -0.454 e. The van der Waals surface area contributed by atoms with E-state index >= 15 is 0 Å². The second kappa shape index (κ2) is 5.66. The van der Waals surface area contributed by atoms with E-state index in [0.29, 0.717) is 6.54 Å².